The van der Waals surface area contributed by atoms with Gasteiger partial charge in [0.05, 0.1) is 15.7 Å². The number of carbonyl (C=O) groups is 1. The molecule has 0 aliphatic rings. The molecule has 106 valence electrons. The summed E-state index contributed by atoms with van der Waals surface area (Å²) in [6.45, 7) is 1.03. The van der Waals surface area contributed by atoms with E-state index in [1.807, 2.05) is 0 Å². The van der Waals surface area contributed by atoms with Crippen LogP contribution in [0.25, 0.3) is 0 Å². The number of amides is 2. The molecule has 0 aliphatic carbocycles. The Bertz CT molecular complexity index is 468. The zero-order valence-electron chi connectivity index (χ0n) is 10.9. The number of nitrogens with one attached hydrogen (secondary N) is 2. The third kappa shape index (κ3) is 5.35. The van der Waals surface area contributed by atoms with Crippen molar-refractivity contribution in [1.29, 1.82) is 0 Å². The second kappa shape index (κ2) is 7.85. The summed E-state index contributed by atoms with van der Waals surface area (Å²) in [7, 11) is 0.199. The summed E-state index contributed by atoms with van der Waals surface area (Å²) < 4.78 is 29.5. The number of hydrogen-bond acceptors (Lipinski definition) is 3. The third-order valence-corrected chi connectivity index (χ3v) is 3.26. The molecule has 0 aromatic heterocycles. The molecule has 2 amide bonds. The highest BCUT2D eigenvalue weighted by Crippen LogP contribution is 2.16. The van der Waals surface area contributed by atoms with E-state index in [0.717, 1.165) is 6.07 Å². The van der Waals surface area contributed by atoms with Crippen LogP contribution in [0.1, 0.15) is 6.42 Å². The summed E-state index contributed by atoms with van der Waals surface area (Å²) in [6, 6.07) is 3.63. The molecule has 0 radical (unpaired) electrons. The molecule has 1 rings (SSSR count). The molecule has 7 heteroatoms. The Kier molecular flexibility index (Phi) is 6.44. The second-order valence-electron chi connectivity index (χ2n) is 3.83. The van der Waals surface area contributed by atoms with Crippen LogP contribution >= 0.6 is 0 Å². The van der Waals surface area contributed by atoms with E-state index >= 15 is 0 Å². The van der Waals surface area contributed by atoms with Gasteiger partial charge < -0.3 is 15.4 Å². The molecule has 0 bridgehead atoms. The zero-order chi connectivity index (χ0) is 14.3. The van der Waals surface area contributed by atoms with Crippen molar-refractivity contribution in [1.82, 2.24) is 5.32 Å². The van der Waals surface area contributed by atoms with E-state index < -0.39 is 22.6 Å². The van der Waals surface area contributed by atoms with Gasteiger partial charge in [0.15, 0.2) is 0 Å². The van der Waals surface area contributed by atoms with Crippen LogP contribution in [-0.4, -0.2) is 36.8 Å². The predicted molar refractivity (Wildman–Crippen MR) is 72.2 cm³/mol. The Morgan fingerprint density at radius 2 is 2.21 bits per heavy atom. The van der Waals surface area contributed by atoms with Gasteiger partial charge in [0.1, 0.15) is 5.82 Å². The molecule has 0 heterocycles. The Labute approximate surface area is 114 Å². The van der Waals surface area contributed by atoms with Crippen LogP contribution < -0.4 is 10.6 Å². The molecular weight excluding hydrogens is 271 g/mol. The minimum Gasteiger partial charge on any atom is -0.385 e. The van der Waals surface area contributed by atoms with Gasteiger partial charge in [-0.3, -0.25) is 4.21 Å². The average Bonchev–Trinajstić information content (AvgIpc) is 2.34. The number of rotatable bonds is 6. The lowest BCUT2D eigenvalue weighted by Gasteiger charge is -2.08. The van der Waals surface area contributed by atoms with Gasteiger partial charge in [-0.15, -0.1) is 0 Å². The highest BCUT2D eigenvalue weighted by atomic mass is 32.2. The highest BCUT2D eigenvalue weighted by Gasteiger charge is 2.08. The lowest BCUT2D eigenvalue weighted by Crippen LogP contribution is -2.30. The van der Waals surface area contributed by atoms with Crippen LogP contribution in [-0.2, 0) is 15.5 Å². The fourth-order valence-corrected chi connectivity index (χ4v) is 2.00. The summed E-state index contributed by atoms with van der Waals surface area (Å²) in [4.78, 5) is 11.6. The summed E-state index contributed by atoms with van der Waals surface area (Å²) in [5, 5.41) is 5.11. The SMILES string of the molecule is COCCCNC(=O)Nc1ccc([S@@](C)=O)c(F)c1. The average molecular weight is 288 g/mol. The molecule has 1 aromatic carbocycles. The standard InChI is InChI=1S/C12H17FN2O3S/c1-18-7-3-6-14-12(16)15-9-4-5-11(19(2)17)10(13)8-9/h4-5,8H,3,6-7H2,1-2H3,(H2,14,15,16)/t19-/m1/s1. The summed E-state index contributed by atoms with van der Waals surface area (Å²) >= 11 is 0. The number of benzene rings is 1. The number of anilines is 1. The monoisotopic (exact) mass is 288 g/mol. The maximum atomic E-state index is 13.5. The maximum absolute atomic E-state index is 13.5. The van der Waals surface area contributed by atoms with Gasteiger partial charge in [0.25, 0.3) is 0 Å². The highest BCUT2D eigenvalue weighted by molar-refractivity contribution is 7.84. The van der Waals surface area contributed by atoms with Gasteiger partial charge in [-0.25, -0.2) is 9.18 Å². The van der Waals surface area contributed by atoms with E-state index in [4.69, 9.17) is 4.74 Å². The molecule has 0 saturated carbocycles. The third-order valence-electron chi connectivity index (χ3n) is 2.31. The molecule has 0 fully saturated rings. The van der Waals surface area contributed by atoms with Crippen LogP contribution in [0.2, 0.25) is 0 Å². The lowest BCUT2D eigenvalue weighted by atomic mass is 10.3. The first-order chi connectivity index (χ1) is 9.04. The largest absolute Gasteiger partial charge is 0.385 e. The molecular formula is C12H17FN2O3S. The van der Waals surface area contributed by atoms with Crippen molar-refractivity contribution in [3.8, 4) is 0 Å². The number of carbonyl (C=O) groups excluding carboxylic acids is 1. The van der Waals surface area contributed by atoms with Gasteiger partial charge in [-0.05, 0) is 24.6 Å². The van der Waals surface area contributed by atoms with E-state index in [-0.39, 0.29) is 4.90 Å². The van der Waals surface area contributed by atoms with Gasteiger partial charge in [-0.2, -0.15) is 0 Å². The van der Waals surface area contributed by atoms with Crippen LogP contribution in [0.5, 0.6) is 0 Å². The van der Waals surface area contributed by atoms with Crippen molar-refractivity contribution in [2.45, 2.75) is 11.3 Å². The van der Waals surface area contributed by atoms with Crippen LogP contribution in [0.3, 0.4) is 0 Å². The number of hydrogen-bond donors (Lipinski definition) is 2. The van der Waals surface area contributed by atoms with E-state index in [9.17, 15) is 13.4 Å². The first-order valence-electron chi connectivity index (χ1n) is 5.71. The molecule has 19 heavy (non-hydrogen) atoms. The van der Waals surface area contributed by atoms with Gasteiger partial charge in [-0.1, -0.05) is 0 Å². The van der Waals surface area contributed by atoms with Gasteiger partial charge in [0.2, 0.25) is 0 Å². The van der Waals surface area contributed by atoms with Crippen molar-refractivity contribution in [2.24, 2.45) is 0 Å². The fourth-order valence-electron chi connectivity index (χ4n) is 1.41. The summed E-state index contributed by atoms with van der Waals surface area (Å²) in [5.74, 6) is -0.599. The normalized spacial score (nSPS) is 11.9. The van der Waals surface area contributed by atoms with Crippen molar-refractivity contribution in [3.63, 3.8) is 0 Å². The molecule has 1 aromatic rings. The summed E-state index contributed by atoms with van der Waals surface area (Å²) in [5.41, 5.74) is 0.316. The Morgan fingerprint density at radius 1 is 1.47 bits per heavy atom. The molecule has 0 aliphatic heterocycles. The van der Waals surface area contributed by atoms with Crippen LogP contribution in [0, 0.1) is 5.82 Å². The van der Waals surface area contributed by atoms with E-state index in [2.05, 4.69) is 10.6 Å². The quantitative estimate of drug-likeness (QED) is 0.783. The molecule has 1 atom stereocenters. The molecule has 5 nitrogen and oxygen atoms in total. The maximum Gasteiger partial charge on any atom is 0.319 e. The van der Waals surface area contributed by atoms with E-state index in [1.165, 1.54) is 18.4 Å². The van der Waals surface area contributed by atoms with E-state index in [1.54, 1.807) is 7.11 Å². The molecule has 0 spiro atoms. The Morgan fingerprint density at radius 3 is 2.79 bits per heavy atom. The molecule has 2 N–H and O–H groups in total. The van der Waals surface area contributed by atoms with Gasteiger partial charge in [0, 0.05) is 32.2 Å². The number of halogens is 1. The van der Waals surface area contributed by atoms with Gasteiger partial charge >= 0.3 is 6.03 Å². The number of methoxy groups -OCH3 is 1. The predicted octanol–water partition coefficient (Wildman–Crippen LogP) is 1.72. The smallest absolute Gasteiger partial charge is 0.319 e. The Hall–Kier alpha value is -1.47. The topological polar surface area (TPSA) is 67.4 Å². The Balaban J connectivity index is 2.51. The second-order valence-corrected chi connectivity index (χ2v) is 5.17. The minimum atomic E-state index is -1.39. The number of urea groups is 1. The van der Waals surface area contributed by atoms with Crippen molar-refractivity contribution in [2.75, 3.05) is 31.8 Å². The summed E-state index contributed by atoms with van der Waals surface area (Å²) in [6.07, 6.45) is 2.10. The molecule has 0 saturated heterocycles. The number of ether oxygens (including phenoxy) is 1. The first-order valence-corrected chi connectivity index (χ1v) is 7.27. The zero-order valence-corrected chi connectivity index (χ0v) is 11.7. The van der Waals surface area contributed by atoms with E-state index in [0.29, 0.717) is 25.3 Å². The molecule has 0 unspecified atom stereocenters. The lowest BCUT2D eigenvalue weighted by molar-refractivity contribution is 0.194. The van der Waals surface area contributed by atoms with Crippen molar-refractivity contribution in [3.05, 3.63) is 24.0 Å². The van der Waals surface area contributed by atoms with Crippen molar-refractivity contribution >= 4 is 22.5 Å². The van der Waals surface area contributed by atoms with Crippen LogP contribution in [0.4, 0.5) is 14.9 Å². The fraction of sp³-hybridized carbons (Fsp3) is 0.417. The minimum absolute atomic E-state index is 0.117. The first kappa shape index (κ1) is 15.6. The van der Waals surface area contributed by atoms with Crippen LogP contribution in [0.15, 0.2) is 23.1 Å². The van der Waals surface area contributed by atoms with Crippen molar-refractivity contribution < 1.29 is 18.1 Å².